The number of nitrogens with zero attached hydrogens (tertiary/aromatic N) is 5. The van der Waals surface area contributed by atoms with E-state index in [4.69, 9.17) is 30.0 Å². The van der Waals surface area contributed by atoms with Crippen LogP contribution in [0.5, 0.6) is 0 Å². The molecule has 0 aromatic carbocycles. The van der Waals surface area contributed by atoms with Gasteiger partial charge in [-0.05, 0) is 6.42 Å². The van der Waals surface area contributed by atoms with Crippen molar-refractivity contribution < 1.29 is 67.0 Å². The summed E-state index contributed by atoms with van der Waals surface area (Å²) in [6, 6.07) is 0. The van der Waals surface area contributed by atoms with Crippen LogP contribution in [0, 0.1) is 0 Å². The van der Waals surface area contributed by atoms with Gasteiger partial charge in [-0.15, -0.1) is 0 Å². The topological polar surface area (TPSA) is 318 Å². The van der Waals surface area contributed by atoms with Crippen LogP contribution in [0.3, 0.4) is 0 Å². The summed E-state index contributed by atoms with van der Waals surface area (Å²) in [5, 5.41) is 41.6. The molecule has 5 heterocycles. The Morgan fingerprint density at radius 1 is 0.956 bits per heavy atom. The number of phosphoric acid groups is 2. The van der Waals surface area contributed by atoms with Crippen LogP contribution in [-0.4, -0.2) is 144 Å². The number of anilines is 1. The first kappa shape index (κ1) is 35.9. The summed E-state index contributed by atoms with van der Waals surface area (Å²) in [5.41, 5.74) is 11.6. The molecule has 3 aliphatic heterocycles. The zero-order chi connectivity index (χ0) is 32.0. The second-order valence-electron chi connectivity index (χ2n) is 9.84. The number of aliphatic hydroxyl groups is 4. The summed E-state index contributed by atoms with van der Waals surface area (Å²) < 4.78 is 50.8. The predicted octanol–water partition coefficient (Wildman–Crippen LogP) is -3.60. The first-order valence-electron chi connectivity index (χ1n) is 12.7. The average molecular weight is 875 g/mol. The summed E-state index contributed by atoms with van der Waals surface area (Å²) >= 11 is 0. The van der Waals surface area contributed by atoms with Gasteiger partial charge in [-0.2, -0.15) is 4.31 Å². The van der Waals surface area contributed by atoms with Crippen LogP contribution in [0.2, 0.25) is 0 Å². The molecular weight excluding hydrogens is 843 g/mol. The number of phosphoric ester groups is 2. The van der Waals surface area contributed by atoms with E-state index in [1.165, 1.54) is 28.2 Å². The van der Waals surface area contributed by atoms with Gasteiger partial charge in [0.15, 0.2) is 23.9 Å². The number of ether oxygens (including phenoxy) is 2. The molecule has 3 aliphatic rings. The first-order valence-corrected chi connectivity index (χ1v) is 15.7. The maximum atomic E-state index is 12.4. The predicted molar refractivity (Wildman–Crippen MR) is 150 cm³/mol. The monoisotopic (exact) mass is 875 g/mol. The van der Waals surface area contributed by atoms with Crippen LogP contribution in [0.4, 0.5) is 5.82 Å². The Labute approximate surface area is 273 Å². The summed E-state index contributed by atoms with van der Waals surface area (Å²) in [7, 11) is -10.7. The van der Waals surface area contributed by atoms with Crippen molar-refractivity contribution in [1.82, 2.24) is 24.4 Å². The molecule has 2 fully saturated rings. The summed E-state index contributed by atoms with van der Waals surface area (Å²) in [4.78, 5) is 44.6. The van der Waals surface area contributed by atoms with Gasteiger partial charge in [0.25, 0.3) is 0 Å². The number of aromatic nitrogens is 4. The van der Waals surface area contributed by atoms with Crippen LogP contribution in [0.15, 0.2) is 36.7 Å². The van der Waals surface area contributed by atoms with Crippen molar-refractivity contribution in [2.45, 2.75) is 55.5 Å². The summed E-state index contributed by atoms with van der Waals surface area (Å²) in [5.74, 6) is -0.658. The van der Waals surface area contributed by atoms with Crippen LogP contribution in [0.25, 0.3) is 11.2 Å². The normalized spacial score (nSPS) is 32.6. The van der Waals surface area contributed by atoms with Gasteiger partial charge < -0.3 is 56.1 Å². The van der Waals surface area contributed by atoms with Crippen molar-refractivity contribution in [2.75, 3.05) is 18.9 Å². The third-order valence-electron chi connectivity index (χ3n) is 6.88. The van der Waals surface area contributed by atoms with Crippen LogP contribution in [0.1, 0.15) is 12.6 Å². The molecule has 10 N–H and O–H groups in total. The standard InChI is InChI=1S/C21H29N7O14P2.Pb.2H/c22-17-12-19(25-7-24-17)28(8-26-12)21-16(32)14(30)11(41-21)6-39-44(36,37)42-43(34,35)38-5-10-13(29)15(31)20(40-10)27-3-1-2-9(4-27)18(23)33;;;/h1,3-4,7-8,10-11,13-16,20-21,29-32H,2,5-6H2,(H2,23,33)(H,34,35)(H,36,37)(H2,22,24,25);;;/t10-,11-,13-,14-,15-,16-,20-,21-;;;/m1.../s1. The van der Waals surface area contributed by atoms with Gasteiger partial charge in [-0.3, -0.25) is 18.4 Å². The van der Waals surface area contributed by atoms with Crippen molar-refractivity contribution in [3.8, 4) is 0 Å². The van der Waals surface area contributed by atoms with Crippen molar-refractivity contribution in [3.05, 3.63) is 36.7 Å². The summed E-state index contributed by atoms with van der Waals surface area (Å²) in [6.45, 7) is -1.79. The number of nitrogens with two attached hydrogens (primary N) is 2. The van der Waals surface area contributed by atoms with Gasteiger partial charge in [0, 0.05) is 18.0 Å². The molecule has 0 spiro atoms. The molecule has 2 aromatic rings. The fraction of sp³-hybridized carbons (Fsp3) is 0.524. The molecule has 2 radical (unpaired) electrons. The third kappa shape index (κ3) is 7.79. The number of hydrogen-bond donors (Lipinski definition) is 8. The fourth-order valence-electron chi connectivity index (χ4n) is 4.68. The molecule has 45 heavy (non-hydrogen) atoms. The van der Waals surface area contributed by atoms with Gasteiger partial charge in [-0.1, -0.05) is 6.08 Å². The number of allylic oxidation sites excluding steroid dienone is 1. The molecular formula is C21H31N7O14P2Pb. The number of carbonyl (C=O) groups excluding carboxylic acids is 1. The van der Waals surface area contributed by atoms with Crippen LogP contribution in [-0.2, 0) is 36.8 Å². The quantitative estimate of drug-likeness (QED) is 0.0799. The Morgan fingerprint density at radius 2 is 1.53 bits per heavy atom. The van der Waals surface area contributed by atoms with E-state index in [9.17, 15) is 44.1 Å². The van der Waals surface area contributed by atoms with Gasteiger partial charge in [0.2, 0.25) is 5.91 Å². The van der Waals surface area contributed by atoms with Crippen molar-refractivity contribution >= 4 is 65.8 Å². The molecule has 2 unspecified atom stereocenters. The molecule has 0 bridgehead atoms. The van der Waals surface area contributed by atoms with E-state index in [-0.39, 0.29) is 56.3 Å². The molecule has 0 aliphatic carbocycles. The second-order valence-corrected chi connectivity index (χ2v) is 12.9. The van der Waals surface area contributed by atoms with Crippen LogP contribution < -0.4 is 11.5 Å². The molecule has 21 nitrogen and oxygen atoms in total. The minimum atomic E-state index is -5.37. The van der Waals surface area contributed by atoms with Gasteiger partial charge in [0.05, 0.1) is 19.5 Å². The zero-order valence-electron chi connectivity index (χ0n) is 23.1. The number of amides is 1. The number of hydrogen-bond acceptors (Lipinski definition) is 17. The number of rotatable bonds is 11. The fourth-order valence-corrected chi connectivity index (χ4v) is 6.77. The van der Waals surface area contributed by atoms with E-state index < -0.39 is 83.8 Å². The van der Waals surface area contributed by atoms with E-state index in [0.29, 0.717) is 0 Å². The molecule has 248 valence electrons. The summed E-state index contributed by atoms with van der Waals surface area (Å²) in [6.07, 6.45) is -4.88. The Hall–Kier alpha value is -1.96. The molecule has 2 aromatic heterocycles. The number of primary amides is 1. The van der Waals surface area contributed by atoms with E-state index in [1.54, 1.807) is 6.08 Å². The number of nitrogen functional groups attached to an aromatic ring is 1. The number of fused-ring (bicyclic) bond motifs is 1. The van der Waals surface area contributed by atoms with Gasteiger partial charge >= 0.3 is 42.9 Å². The first-order chi connectivity index (χ1) is 20.7. The van der Waals surface area contributed by atoms with E-state index in [0.717, 1.165) is 6.33 Å². The molecule has 0 saturated carbocycles. The number of aliphatic hydroxyl groups excluding tert-OH is 4. The molecule has 24 heteroatoms. The third-order valence-corrected chi connectivity index (χ3v) is 9.48. The van der Waals surface area contributed by atoms with E-state index >= 15 is 0 Å². The Morgan fingerprint density at radius 3 is 2.13 bits per heavy atom. The maximum absolute atomic E-state index is 12.4. The van der Waals surface area contributed by atoms with E-state index in [2.05, 4.69) is 19.3 Å². The average Bonchev–Trinajstić information content (AvgIpc) is 3.61. The van der Waals surface area contributed by atoms with Gasteiger partial charge in [0.1, 0.15) is 48.5 Å². The zero-order valence-corrected chi connectivity index (χ0v) is 30.4. The number of imidazole rings is 1. The van der Waals surface area contributed by atoms with Crippen LogP contribution >= 0.6 is 15.6 Å². The molecule has 2 saturated heterocycles. The second kappa shape index (κ2) is 14.0. The minimum absolute atomic E-state index is 0. The van der Waals surface area contributed by atoms with Gasteiger partial charge in [-0.25, -0.2) is 24.1 Å². The van der Waals surface area contributed by atoms with Crippen molar-refractivity contribution in [3.63, 3.8) is 0 Å². The van der Waals surface area contributed by atoms with E-state index in [1.807, 2.05) is 0 Å². The SMILES string of the molecule is NC(=O)C1=CN([C@@H]2O[C@H](COP(=O)(O)OP(=O)(O)OC[C@H]3O[C@@H](n4cnc5c(N)ncnc54)[C@H](O)[C@@H]3O)[C@@H](O)[C@H]2O)C=CC1.[PbH2]. The van der Waals surface area contributed by atoms with Crippen molar-refractivity contribution in [2.24, 2.45) is 5.73 Å². The Kier molecular flexibility index (Phi) is 11.2. The van der Waals surface area contributed by atoms with Crippen molar-refractivity contribution in [1.29, 1.82) is 0 Å². The molecule has 10 atom stereocenters. The molecule has 1 amide bonds. The Bertz CT molecular complexity index is 1560. The Balaban J connectivity index is 0.00000461. The molecule has 5 rings (SSSR count). The number of carbonyl (C=O) groups is 1.